The number of carbonyl (C=O) groups is 1. The van der Waals surface area contributed by atoms with Crippen molar-refractivity contribution in [2.45, 2.75) is 19.8 Å². The molecule has 0 heterocycles. The molecule has 1 rings (SSSR count). The summed E-state index contributed by atoms with van der Waals surface area (Å²) in [5, 5.41) is -0.0995. The lowest BCUT2D eigenvalue weighted by Gasteiger charge is -2.07. The number of hydrogen-bond donors (Lipinski definition) is 0. The van der Waals surface area contributed by atoms with Gasteiger partial charge in [0, 0.05) is 23.9 Å². The summed E-state index contributed by atoms with van der Waals surface area (Å²) in [7, 11) is 0. The molecule has 5 heteroatoms. The molecule has 0 spiro atoms. The number of ether oxygens (including phenoxy) is 2. The Morgan fingerprint density at radius 3 is 2.63 bits per heavy atom. The Kier molecular flexibility index (Phi) is 8.45. The molecule has 1 aromatic rings. The van der Waals surface area contributed by atoms with Crippen LogP contribution in [0.4, 0.5) is 0 Å². The van der Waals surface area contributed by atoms with Crippen LogP contribution in [0.1, 0.15) is 30.1 Å². The largest absolute Gasteiger partial charge is 0.476 e. The molecule has 3 nitrogen and oxygen atoms in total. The monoisotopic (exact) mass is 298 g/mol. The molecule has 0 unspecified atom stereocenters. The number of thiocarbonyl (C=S) groups is 1. The quantitative estimate of drug-likeness (QED) is 0.567. The van der Waals surface area contributed by atoms with Gasteiger partial charge >= 0.3 is 0 Å². The Hall–Kier alpha value is -0.910. The highest BCUT2D eigenvalue weighted by Gasteiger charge is 2.10. The van der Waals surface area contributed by atoms with Gasteiger partial charge in [-0.25, -0.2) is 0 Å². The van der Waals surface area contributed by atoms with Gasteiger partial charge < -0.3 is 9.47 Å². The van der Waals surface area contributed by atoms with E-state index in [0.29, 0.717) is 18.8 Å². The summed E-state index contributed by atoms with van der Waals surface area (Å²) in [6, 6.07) is 9.01. The summed E-state index contributed by atoms with van der Waals surface area (Å²) < 4.78 is 10.8. The van der Waals surface area contributed by atoms with Gasteiger partial charge in [-0.1, -0.05) is 43.7 Å². The highest BCUT2D eigenvalue weighted by molar-refractivity contribution is 8.32. The molecule has 0 aliphatic rings. The summed E-state index contributed by atoms with van der Waals surface area (Å²) in [5.74, 6) is 0. The predicted molar refractivity (Wildman–Crippen MR) is 82.6 cm³/mol. The van der Waals surface area contributed by atoms with Crippen LogP contribution in [0.2, 0.25) is 0 Å². The highest BCUT2D eigenvalue weighted by Crippen LogP contribution is 2.14. The first kappa shape index (κ1) is 16.1. The number of carbonyl (C=O) groups excluding carboxylic acids is 1. The van der Waals surface area contributed by atoms with E-state index in [0.717, 1.165) is 31.2 Å². The van der Waals surface area contributed by atoms with Gasteiger partial charge in [0.25, 0.3) is 0 Å². The van der Waals surface area contributed by atoms with Gasteiger partial charge in [0.1, 0.15) is 6.61 Å². The third-order valence-corrected chi connectivity index (χ3v) is 3.35. The van der Waals surface area contributed by atoms with Gasteiger partial charge in [0.15, 0.2) is 0 Å². The van der Waals surface area contributed by atoms with Gasteiger partial charge in [-0.15, -0.1) is 0 Å². The van der Waals surface area contributed by atoms with Crippen molar-refractivity contribution in [3.05, 3.63) is 35.9 Å². The zero-order chi connectivity index (χ0) is 13.9. The second-order valence-electron chi connectivity index (χ2n) is 3.82. The molecule has 0 amide bonds. The molecule has 0 saturated heterocycles. The molecular formula is C14H18O3S2. The van der Waals surface area contributed by atoms with Crippen molar-refractivity contribution in [1.82, 2.24) is 0 Å². The van der Waals surface area contributed by atoms with Crippen molar-refractivity contribution in [3.8, 4) is 0 Å². The van der Waals surface area contributed by atoms with Gasteiger partial charge in [-0.05, 0) is 18.6 Å². The van der Waals surface area contributed by atoms with E-state index in [1.807, 2.05) is 18.2 Å². The number of rotatable bonds is 7. The molecule has 0 aliphatic heterocycles. The molecule has 0 atom stereocenters. The Morgan fingerprint density at radius 1 is 1.21 bits per heavy atom. The summed E-state index contributed by atoms with van der Waals surface area (Å²) in [6.07, 6.45) is 2.16. The maximum Gasteiger partial charge on any atom is 0.228 e. The Labute approximate surface area is 123 Å². The zero-order valence-corrected chi connectivity index (χ0v) is 12.6. The van der Waals surface area contributed by atoms with E-state index in [1.165, 1.54) is 0 Å². The molecule has 0 N–H and O–H groups in total. The molecule has 1 aromatic carbocycles. The molecular weight excluding hydrogens is 280 g/mol. The van der Waals surface area contributed by atoms with Gasteiger partial charge in [-0.2, -0.15) is 0 Å². The Balaban J connectivity index is 2.16. The first-order chi connectivity index (χ1) is 9.24. The van der Waals surface area contributed by atoms with Crippen LogP contribution in [0.3, 0.4) is 0 Å². The molecule has 0 bridgehead atoms. The van der Waals surface area contributed by atoms with Crippen molar-refractivity contribution >= 4 is 33.5 Å². The normalized spacial score (nSPS) is 10.2. The smallest absolute Gasteiger partial charge is 0.228 e. The summed E-state index contributed by atoms with van der Waals surface area (Å²) >= 11 is 5.93. The van der Waals surface area contributed by atoms with Gasteiger partial charge in [-0.3, -0.25) is 4.79 Å². The van der Waals surface area contributed by atoms with Crippen LogP contribution in [0.15, 0.2) is 30.3 Å². The SMILES string of the molecule is CCCCOCCOC(=S)SC(=O)c1ccccc1. The van der Waals surface area contributed by atoms with Crippen LogP contribution in [0, 0.1) is 0 Å². The number of hydrogen-bond acceptors (Lipinski definition) is 5. The molecule has 0 saturated carbocycles. The Bertz CT molecular complexity index is 393. The lowest BCUT2D eigenvalue weighted by Crippen LogP contribution is -2.09. The topological polar surface area (TPSA) is 35.5 Å². The predicted octanol–water partition coefficient (Wildman–Crippen LogP) is 3.68. The second-order valence-corrected chi connectivity index (χ2v) is 5.39. The second kappa shape index (κ2) is 9.95. The first-order valence-corrected chi connectivity index (χ1v) is 7.48. The summed E-state index contributed by atoms with van der Waals surface area (Å²) in [6.45, 7) is 3.74. The molecule has 0 radical (unpaired) electrons. The van der Waals surface area contributed by atoms with Gasteiger partial charge in [0.2, 0.25) is 9.50 Å². The standard InChI is InChI=1S/C14H18O3S2/c1-2-3-9-16-10-11-17-14(18)19-13(15)12-7-5-4-6-8-12/h4-8H,2-3,9-11H2,1H3. The number of benzene rings is 1. The number of unbranched alkanes of at least 4 members (excludes halogenated alkanes) is 1. The highest BCUT2D eigenvalue weighted by atomic mass is 32.2. The van der Waals surface area contributed by atoms with Crippen LogP contribution >= 0.6 is 24.0 Å². The maximum atomic E-state index is 11.8. The van der Waals surface area contributed by atoms with E-state index in [1.54, 1.807) is 12.1 Å². The van der Waals surface area contributed by atoms with E-state index in [9.17, 15) is 4.79 Å². The Morgan fingerprint density at radius 2 is 1.95 bits per heavy atom. The van der Waals surface area contributed by atoms with E-state index in [4.69, 9.17) is 21.7 Å². The van der Waals surface area contributed by atoms with Crippen molar-refractivity contribution in [1.29, 1.82) is 0 Å². The van der Waals surface area contributed by atoms with Crippen LogP contribution < -0.4 is 0 Å². The van der Waals surface area contributed by atoms with Gasteiger partial charge in [0.05, 0.1) is 6.61 Å². The minimum atomic E-state index is -0.0995. The summed E-state index contributed by atoms with van der Waals surface area (Å²) in [5.41, 5.74) is 0.623. The van der Waals surface area contributed by atoms with Crippen molar-refractivity contribution in [2.24, 2.45) is 0 Å². The first-order valence-electron chi connectivity index (χ1n) is 6.25. The van der Waals surface area contributed by atoms with Crippen molar-refractivity contribution in [2.75, 3.05) is 19.8 Å². The lowest BCUT2D eigenvalue weighted by atomic mass is 10.2. The van der Waals surface area contributed by atoms with Crippen molar-refractivity contribution in [3.63, 3.8) is 0 Å². The van der Waals surface area contributed by atoms with Crippen LogP contribution in [0.5, 0.6) is 0 Å². The molecule has 0 aliphatic carbocycles. The van der Waals surface area contributed by atoms with Crippen LogP contribution in [0.25, 0.3) is 0 Å². The fourth-order valence-electron chi connectivity index (χ4n) is 1.27. The third kappa shape index (κ3) is 7.30. The third-order valence-electron chi connectivity index (χ3n) is 2.28. The summed E-state index contributed by atoms with van der Waals surface area (Å²) in [4.78, 5) is 11.8. The fraction of sp³-hybridized carbons (Fsp3) is 0.429. The van der Waals surface area contributed by atoms with E-state index in [2.05, 4.69) is 6.92 Å². The maximum absolute atomic E-state index is 11.8. The molecule has 19 heavy (non-hydrogen) atoms. The average molecular weight is 298 g/mol. The average Bonchev–Trinajstić information content (AvgIpc) is 2.43. The molecule has 104 valence electrons. The minimum absolute atomic E-state index is 0.0995. The van der Waals surface area contributed by atoms with E-state index >= 15 is 0 Å². The minimum Gasteiger partial charge on any atom is -0.476 e. The fourth-order valence-corrected chi connectivity index (χ4v) is 2.13. The van der Waals surface area contributed by atoms with E-state index < -0.39 is 0 Å². The molecule has 0 fully saturated rings. The molecule has 0 aromatic heterocycles. The zero-order valence-electron chi connectivity index (χ0n) is 11.0. The van der Waals surface area contributed by atoms with Crippen LogP contribution in [-0.2, 0) is 9.47 Å². The van der Waals surface area contributed by atoms with E-state index in [-0.39, 0.29) is 9.50 Å². The number of thioether (sulfide) groups is 1. The lowest BCUT2D eigenvalue weighted by molar-refractivity contribution is 0.0969. The van der Waals surface area contributed by atoms with Crippen LogP contribution in [-0.4, -0.2) is 29.3 Å². The van der Waals surface area contributed by atoms with Crippen molar-refractivity contribution < 1.29 is 14.3 Å².